The van der Waals surface area contributed by atoms with Crippen molar-refractivity contribution in [1.82, 2.24) is 0 Å². The zero-order valence-electron chi connectivity index (χ0n) is 5.77. The third-order valence-corrected chi connectivity index (χ3v) is 0.707. The van der Waals surface area contributed by atoms with E-state index < -0.39 is 11.7 Å². The predicted octanol–water partition coefficient (Wildman–Crippen LogP) is -0.0813. The molecule has 0 fully saturated rings. The molecule has 0 saturated carbocycles. The Bertz CT molecular complexity index is 205. The van der Waals surface area contributed by atoms with Crippen LogP contribution in [-0.2, 0) is 14.5 Å². The Hall–Kier alpha value is -1.61. The second kappa shape index (κ2) is 5.20. The first kappa shape index (κ1) is 9.39. The molecule has 0 aliphatic carbocycles. The van der Waals surface area contributed by atoms with E-state index in [0.29, 0.717) is 0 Å². The van der Waals surface area contributed by atoms with Gasteiger partial charge in [-0.2, -0.15) is 10.5 Å². The smallest absolute Gasteiger partial charge is 0.371 e. The maximum atomic E-state index is 10.6. The number of carbonyl (C=O) groups is 1. The van der Waals surface area contributed by atoms with Gasteiger partial charge in [-0.15, -0.1) is 0 Å². The van der Waals surface area contributed by atoms with Crippen molar-refractivity contribution < 1.29 is 19.8 Å². The number of hydrogen-bond donors (Lipinski definition) is 1. The van der Waals surface area contributed by atoms with Crippen LogP contribution in [0.2, 0.25) is 0 Å². The minimum Gasteiger partial charge on any atom is -0.461 e. The van der Waals surface area contributed by atoms with Crippen molar-refractivity contribution in [3.05, 3.63) is 0 Å². The molecule has 60 valence electrons. The van der Waals surface area contributed by atoms with Crippen LogP contribution in [0, 0.1) is 11.3 Å². The summed E-state index contributed by atoms with van der Waals surface area (Å²) < 4.78 is 4.36. The normalized spacial score (nSPS) is 10.1. The fourth-order valence-electron chi connectivity index (χ4n) is 0.344. The van der Waals surface area contributed by atoms with Crippen LogP contribution in [0.15, 0.2) is 5.16 Å². The van der Waals surface area contributed by atoms with E-state index in [1.54, 1.807) is 6.92 Å². The Balaban J connectivity index is 4.18. The average Bonchev–Trinajstić information content (AvgIpc) is 2.00. The molecular formula is C5H6N2O4. The summed E-state index contributed by atoms with van der Waals surface area (Å²) >= 11 is 0. The fraction of sp³-hybridized carbons (Fsp3) is 0.400. The molecule has 0 saturated heterocycles. The number of nitrogens with zero attached hydrogens (tertiary/aromatic N) is 2. The third-order valence-electron chi connectivity index (χ3n) is 0.707. The average molecular weight is 158 g/mol. The van der Waals surface area contributed by atoms with Crippen molar-refractivity contribution >= 4 is 11.7 Å². The molecule has 0 aliphatic rings. The molecule has 0 aromatic heterocycles. The lowest BCUT2D eigenvalue weighted by atomic mass is 10.4. The molecule has 0 bridgehead atoms. The molecule has 1 N–H and O–H groups in total. The molecule has 0 heterocycles. The predicted molar refractivity (Wildman–Crippen MR) is 33.4 cm³/mol. The van der Waals surface area contributed by atoms with E-state index in [1.165, 1.54) is 6.07 Å². The van der Waals surface area contributed by atoms with Crippen LogP contribution >= 0.6 is 0 Å². The van der Waals surface area contributed by atoms with E-state index >= 15 is 0 Å². The largest absolute Gasteiger partial charge is 0.461 e. The lowest BCUT2D eigenvalue weighted by Crippen LogP contribution is -2.15. The summed E-state index contributed by atoms with van der Waals surface area (Å²) in [4.78, 5) is 13.8. The standard InChI is InChI=1S/C5H6N2O4/c1-2-10-5(8)4(3-6)7-11-9/h9H,2H2,1H3. The van der Waals surface area contributed by atoms with Gasteiger partial charge < -0.3 is 4.74 Å². The first-order valence-electron chi connectivity index (χ1n) is 2.72. The van der Waals surface area contributed by atoms with Crippen molar-refractivity contribution in [3.63, 3.8) is 0 Å². The molecule has 0 atom stereocenters. The highest BCUT2D eigenvalue weighted by Crippen LogP contribution is 1.84. The van der Waals surface area contributed by atoms with E-state index in [0.717, 1.165) is 0 Å². The van der Waals surface area contributed by atoms with Crippen LogP contribution in [-0.4, -0.2) is 23.5 Å². The monoisotopic (exact) mass is 158 g/mol. The first-order valence-corrected chi connectivity index (χ1v) is 2.72. The van der Waals surface area contributed by atoms with Crippen molar-refractivity contribution in [2.45, 2.75) is 6.92 Å². The minimum absolute atomic E-state index is 0.130. The molecule has 6 nitrogen and oxygen atoms in total. The second-order valence-electron chi connectivity index (χ2n) is 1.35. The maximum Gasteiger partial charge on any atom is 0.371 e. The second-order valence-corrected chi connectivity index (χ2v) is 1.35. The molecular weight excluding hydrogens is 152 g/mol. The highest BCUT2D eigenvalue weighted by atomic mass is 17.2. The van der Waals surface area contributed by atoms with Crippen LogP contribution in [0.3, 0.4) is 0 Å². The van der Waals surface area contributed by atoms with E-state index in [1.807, 2.05) is 0 Å². The molecule has 0 rings (SSSR count). The molecule has 0 spiro atoms. The van der Waals surface area contributed by atoms with Gasteiger partial charge in [-0.25, -0.2) is 9.78 Å². The van der Waals surface area contributed by atoms with Gasteiger partial charge in [0.2, 0.25) is 0 Å². The zero-order chi connectivity index (χ0) is 8.69. The van der Waals surface area contributed by atoms with Gasteiger partial charge in [-0.3, -0.25) is 0 Å². The topological polar surface area (TPSA) is 91.9 Å². The van der Waals surface area contributed by atoms with Gasteiger partial charge in [0.15, 0.2) is 0 Å². The maximum absolute atomic E-state index is 10.6. The van der Waals surface area contributed by atoms with Crippen molar-refractivity contribution in [1.29, 1.82) is 5.26 Å². The van der Waals surface area contributed by atoms with E-state index in [4.69, 9.17) is 10.5 Å². The number of rotatable bonds is 3. The molecule has 0 amide bonds. The van der Waals surface area contributed by atoms with Crippen LogP contribution in [0.5, 0.6) is 0 Å². The molecule has 6 heteroatoms. The summed E-state index contributed by atoms with van der Waals surface area (Å²) in [5.74, 6) is -0.927. The quantitative estimate of drug-likeness (QED) is 0.268. The SMILES string of the molecule is CCOC(=O)C(C#N)=NOO. The Kier molecular flexibility index (Phi) is 4.44. The summed E-state index contributed by atoms with van der Waals surface area (Å²) in [6.07, 6.45) is 0. The fourth-order valence-corrected chi connectivity index (χ4v) is 0.344. The van der Waals surface area contributed by atoms with Gasteiger partial charge >= 0.3 is 5.97 Å². The van der Waals surface area contributed by atoms with E-state index in [-0.39, 0.29) is 6.61 Å². The van der Waals surface area contributed by atoms with Crippen molar-refractivity contribution in [2.75, 3.05) is 6.61 Å². The first-order chi connectivity index (χ1) is 5.26. The Morgan fingerprint density at radius 1 is 1.82 bits per heavy atom. The molecule has 0 aromatic carbocycles. The summed E-state index contributed by atoms with van der Waals surface area (Å²) in [5.41, 5.74) is -0.630. The minimum atomic E-state index is -0.927. The summed E-state index contributed by atoms with van der Waals surface area (Å²) in [7, 11) is 0. The van der Waals surface area contributed by atoms with Gasteiger partial charge in [-0.05, 0) is 12.1 Å². The van der Waals surface area contributed by atoms with Gasteiger partial charge in [0, 0.05) is 0 Å². The van der Waals surface area contributed by atoms with E-state index in [2.05, 4.69) is 14.9 Å². The van der Waals surface area contributed by atoms with Crippen LogP contribution in [0.1, 0.15) is 6.92 Å². The number of oxime groups is 1. The van der Waals surface area contributed by atoms with Gasteiger partial charge in [-0.1, -0.05) is 0 Å². The number of nitriles is 1. The third kappa shape index (κ3) is 3.17. The summed E-state index contributed by atoms with van der Waals surface area (Å²) in [5, 5.41) is 18.6. The lowest BCUT2D eigenvalue weighted by molar-refractivity contribution is -0.243. The van der Waals surface area contributed by atoms with Gasteiger partial charge in [0.1, 0.15) is 6.07 Å². The number of carbonyl (C=O) groups excluding carboxylic acids is 1. The molecule has 0 aromatic rings. The molecule has 11 heavy (non-hydrogen) atoms. The molecule has 0 radical (unpaired) electrons. The Morgan fingerprint density at radius 2 is 2.45 bits per heavy atom. The van der Waals surface area contributed by atoms with Gasteiger partial charge in [0.25, 0.3) is 5.71 Å². The van der Waals surface area contributed by atoms with E-state index in [9.17, 15) is 4.79 Å². The van der Waals surface area contributed by atoms with Gasteiger partial charge in [0.05, 0.1) is 6.61 Å². The number of hydrogen-bond acceptors (Lipinski definition) is 6. The van der Waals surface area contributed by atoms with Crippen molar-refractivity contribution in [3.8, 4) is 6.07 Å². The molecule has 0 unspecified atom stereocenters. The highest BCUT2D eigenvalue weighted by Gasteiger charge is 2.12. The highest BCUT2D eigenvalue weighted by molar-refractivity contribution is 6.42. The van der Waals surface area contributed by atoms with Crippen LogP contribution < -0.4 is 0 Å². The Labute approximate surface area is 62.6 Å². The zero-order valence-corrected chi connectivity index (χ0v) is 5.77. The van der Waals surface area contributed by atoms with Crippen LogP contribution in [0.25, 0.3) is 0 Å². The Morgan fingerprint density at radius 3 is 2.82 bits per heavy atom. The van der Waals surface area contributed by atoms with Crippen LogP contribution in [0.4, 0.5) is 0 Å². The summed E-state index contributed by atoms with van der Waals surface area (Å²) in [6, 6.07) is 1.38. The van der Waals surface area contributed by atoms with Crippen molar-refractivity contribution in [2.24, 2.45) is 5.16 Å². The summed E-state index contributed by atoms with van der Waals surface area (Å²) in [6.45, 7) is 1.71. The number of esters is 1. The lowest BCUT2D eigenvalue weighted by Gasteiger charge is -1.95. The molecule has 0 aliphatic heterocycles. The number of ether oxygens (including phenoxy) is 1.